The van der Waals surface area contributed by atoms with Crippen LogP contribution in [0.5, 0.6) is 0 Å². The third-order valence-electron chi connectivity index (χ3n) is 4.93. The highest BCUT2D eigenvalue weighted by Gasteiger charge is 2.28. The summed E-state index contributed by atoms with van der Waals surface area (Å²) in [5, 5.41) is 12.3. The lowest BCUT2D eigenvalue weighted by atomic mass is 10.1. The third kappa shape index (κ3) is 3.84. The number of nitrogens with one attached hydrogen (secondary N) is 1. The Morgan fingerprint density at radius 1 is 1.21 bits per heavy atom. The summed E-state index contributed by atoms with van der Waals surface area (Å²) in [5.74, 6) is -1.60. The van der Waals surface area contributed by atoms with Crippen LogP contribution >= 0.6 is 0 Å². The van der Waals surface area contributed by atoms with Crippen molar-refractivity contribution in [2.75, 3.05) is 18.5 Å². The summed E-state index contributed by atoms with van der Waals surface area (Å²) < 4.78 is 33.1. The van der Waals surface area contributed by atoms with Crippen molar-refractivity contribution in [3.05, 3.63) is 65.9 Å². The minimum Gasteiger partial charge on any atom is -0.420 e. The maximum atomic E-state index is 13.9. The highest BCUT2D eigenvalue weighted by Crippen LogP contribution is 2.28. The van der Waals surface area contributed by atoms with E-state index in [1.165, 1.54) is 12.3 Å². The Labute approximate surface area is 165 Å². The van der Waals surface area contributed by atoms with E-state index in [0.29, 0.717) is 17.8 Å². The number of carbonyl (C=O) groups excluding carboxylic acids is 1. The van der Waals surface area contributed by atoms with Crippen LogP contribution in [0.2, 0.25) is 0 Å². The number of aliphatic hydroxyl groups excluding tert-OH is 1. The zero-order chi connectivity index (χ0) is 20.4. The quantitative estimate of drug-likeness (QED) is 0.679. The Balaban J connectivity index is 1.47. The Morgan fingerprint density at radius 3 is 2.62 bits per heavy atom. The van der Waals surface area contributed by atoms with Crippen LogP contribution in [0.3, 0.4) is 0 Å². The van der Waals surface area contributed by atoms with Gasteiger partial charge in [0.25, 0.3) is 5.91 Å². The minimum absolute atomic E-state index is 0.0399. The molecule has 2 heterocycles. The van der Waals surface area contributed by atoms with Crippen molar-refractivity contribution in [2.24, 2.45) is 0 Å². The van der Waals surface area contributed by atoms with Gasteiger partial charge < -0.3 is 19.7 Å². The zero-order valence-corrected chi connectivity index (χ0v) is 15.4. The van der Waals surface area contributed by atoms with E-state index in [1.54, 1.807) is 29.2 Å². The number of hydrogen-bond donors (Lipinski definition) is 2. The van der Waals surface area contributed by atoms with E-state index >= 15 is 0 Å². The van der Waals surface area contributed by atoms with Gasteiger partial charge in [-0.1, -0.05) is 6.07 Å². The summed E-state index contributed by atoms with van der Waals surface area (Å²) in [5.41, 5.74) is 0.812. The minimum atomic E-state index is -0.760. The molecule has 1 saturated heterocycles. The molecule has 2 aromatic carbocycles. The maximum Gasteiger partial charge on any atom is 0.254 e. The molecule has 0 unspecified atom stereocenters. The second-order valence-corrected chi connectivity index (χ2v) is 6.81. The van der Waals surface area contributed by atoms with Gasteiger partial charge in [0.2, 0.25) is 11.8 Å². The second kappa shape index (κ2) is 8.00. The molecule has 1 aliphatic rings. The first-order valence-electron chi connectivity index (χ1n) is 9.26. The molecule has 0 radical (unpaired) electrons. The first-order chi connectivity index (χ1) is 14.1. The molecule has 0 aliphatic carbocycles. The molecule has 0 saturated carbocycles. The standard InChI is InChI=1S/C21H19F2N3O3/c22-16-4-1-5-17(23)19(16)20-24-11-18(29-20)25-14-8-6-13(7-9-14)21(28)26-10-2-3-15(26)12-27/h1,4-9,11,15,25,27H,2-3,10,12H2/t15-/m1/s1. The smallest absolute Gasteiger partial charge is 0.254 e. The van der Waals surface area contributed by atoms with Crippen molar-refractivity contribution in [1.82, 2.24) is 9.88 Å². The summed E-state index contributed by atoms with van der Waals surface area (Å²) in [4.78, 5) is 18.2. The number of nitrogens with zero attached hydrogens (tertiary/aromatic N) is 2. The number of likely N-dealkylation sites (tertiary alicyclic amines) is 1. The maximum absolute atomic E-state index is 13.9. The van der Waals surface area contributed by atoms with E-state index in [2.05, 4.69) is 10.3 Å². The van der Waals surface area contributed by atoms with E-state index in [-0.39, 0.29) is 35.9 Å². The number of aliphatic hydroxyl groups is 1. The average molecular weight is 399 g/mol. The first kappa shape index (κ1) is 19.1. The van der Waals surface area contributed by atoms with E-state index < -0.39 is 11.6 Å². The van der Waals surface area contributed by atoms with Crippen LogP contribution in [0.4, 0.5) is 20.4 Å². The van der Waals surface area contributed by atoms with Gasteiger partial charge in [-0.15, -0.1) is 0 Å². The number of halogens is 2. The number of rotatable bonds is 5. The van der Waals surface area contributed by atoms with Gasteiger partial charge in [0, 0.05) is 17.8 Å². The van der Waals surface area contributed by atoms with Crippen LogP contribution in [0, 0.1) is 11.6 Å². The molecule has 1 amide bonds. The van der Waals surface area contributed by atoms with E-state index in [9.17, 15) is 18.7 Å². The number of oxazole rings is 1. The van der Waals surface area contributed by atoms with Crippen LogP contribution in [0.1, 0.15) is 23.2 Å². The Morgan fingerprint density at radius 2 is 1.93 bits per heavy atom. The molecule has 8 heteroatoms. The van der Waals surface area contributed by atoms with Crippen molar-refractivity contribution in [2.45, 2.75) is 18.9 Å². The van der Waals surface area contributed by atoms with Crippen molar-refractivity contribution in [3.8, 4) is 11.5 Å². The molecule has 29 heavy (non-hydrogen) atoms. The fourth-order valence-electron chi connectivity index (χ4n) is 3.45. The second-order valence-electron chi connectivity index (χ2n) is 6.81. The zero-order valence-electron chi connectivity index (χ0n) is 15.4. The van der Waals surface area contributed by atoms with Gasteiger partial charge in [0.15, 0.2) is 0 Å². The average Bonchev–Trinajstić information content (AvgIpc) is 3.37. The number of anilines is 2. The third-order valence-corrected chi connectivity index (χ3v) is 4.93. The highest BCUT2D eigenvalue weighted by atomic mass is 19.1. The number of aromatic nitrogens is 1. The fraction of sp³-hybridized carbons (Fsp3) is 0.238. The van der Waals surface area contributed by atoms with Gasteiger partial charge >= 0.3 is 0 Å². The summed E-state index contributed by atoms with van der Waals surface area (Å²) in [6, 6.07) is 10.1. The lowest BCUT2D eigenvalue weighted by molar-refractivity contribution is 0.0677. The lowest BCUT2D eigenvalue weighted by Gasteiger charge is -2.23. The van der Waals surface area contributed by atoms with Crippen LogP contribution in [-0.4, -0.2) is 40.1 Å². The van der Waals surface area contributed by atoms with Gasteiger partial charge in [-0.3, -0.25) is 4.79 Å². The van der Waals surface area contributed by atoms with Crippen molar-refractivity contribution in [1.29, 1.82) is 0 Å². The van der Waals surface area contributed by atoms with Crippen molar-refractivity contribution >= 4 is 17.5 Å². The molecular formula is C21H19F2N3O3. The predicted molar refractivity (Wildman–Crippen MR) is 103 cm³/mol. The summed E-state index contributed by atoms with van der Waals surface area (Å²) in [6.45, 7) is 0.597. The molecule has 1 aromatic heterocycles. The molecule has 2 N–H and O–H groups in total. The van der Waals surface area contributed by atoms with Crippen LogP contribution in [0.15, 0.2) is 53.1 Å². The summed E-state index contributed by atoms with van der Waals surface area (Å²) in [6.07, 6.45) is 3.02. The predicted octanol–water partition coefficient (Wildman–Crippen LogP) is 3.96. The summed E-state index contributed by atoms with van der Waals surface area (Å²) in [7, 11) is 0. The molecule has 3 aromatic rings. The van der Waals surface area contributed by atoms with E-state index in [0.717, 1.165) is 25.0 Å². The topological polar surface area (TPSA) is 78.6 Å². The normalized spacial score (nSPS) is 16.2. The molecule has 1 atom stereocenters. The Hall–Kier alpha value is -3.26. The summed E-state index contributed by atoms with van der Waals surface area (Å²) >= 11 is 0. The van der Waals surface area contributed by atoms with Gasteiger partial charge in [0.05, 0.1) is 18.8 Å². The van der Waals surface area contributed by atoms with Crippen LogP contribution in [-0.2, 0) is 0 Å². The molecule has 6 nitrogen and oxygen atoms in total. The SMILES string of the molecule is O=C(c1ccc(Nc2cnc(-c3c(F)cccc3F)o2)cc1)N1CCC[C@@H]1CO. The first-order valence-corrected chi connectivity index (χ1v) is 9.26. The number of amides is 1. The number of benzene rings is 2. The van der Waals surface area contributed by atoms with E-state index in [1.807, 2.05) is 0 Å². The molecule has 0 bridgehead atoms. The van der Waals surface area contributed by atoms with Crippen molar-refractivity contribution in [3.63, 3.8) is 0 Å². The lowest BCUT2D eigenvalue weighted by Crippen LogP contribution is -2.37. The van der Waals surface area contributed by atoms with Gasteiger partial charge in [0.1, 0.15) is 17.2 Å². The Bertz CT molecular complexity index is 1000. The molecule has 1 aliphatic heterocycles. The van der Waals surface area contributed by atoms with Crippen LogP contribution in [0.25, 0.3) is 11.5 Å². The Kier molecular flexibility index (Phi) is 5.26. The molecular weight excluding hydrogens is 380 g/mol. The molecule has 0 spiro atoms. The monoisotopic (exact) mass is 399 g/mol. The molecule has 4 rings (SSSR count). The largest absolute Gasteiger partial charge is 0.420 e. The van der Waals surface area contributed by atoms with E-state index in [4.69, 9.17) is 4.42 Å². The van der Waals surface area contributed by atoms with Gasteiger partial charge in [-0.25, -0.2) is 13.8 Å². The fourth-order valence-corrected chi connectivity index (χ4v) is 3.45. The number of carbonyl (C=O) groups is 1. The molecule has 1 fully saturated rings. The number of hydrogen-bond acceptors (Lipinski definition) is 5. The highest BCUT2D eigenvalue weighted by molar-refractivity contribution is 5.95. The van der Waals surface area contributed by atoms with Crippen molar-refractivity contribution < 1.29 is 23.1 Å². The van der Waals surface area contributed by atoms with Crippen LogP contribution < -0.4 is 5.32 Å². The van der Waals surface area contributed by atoms with Gasteiger partial charge in [-0.2, -0.15) is 0 Å². The molecule has 150 valence electrons. The van der Waals surface area contributed by atoms with Gasteiger partial charge in [-0.05, 0) is 49.2 Å².